The molecule has 1 saturated heterocycles. The quantitative estimate of drug-likeness (QED) is 0.720. The Balaban J connectivity index is 1.90. The second-order valence-electron chi connectivity index (χ2n) is 4.23. The summed E-state index contributed by atoms with van der Waals surface area (Å²) in [5, 5.41) is 3.62. The van der Waals surface area contributed by atoms with Gasteiger partial charge in [-0.25, -0.2) is 4.79 Å². The predicted molar refractivity (Wildman–Crippen MR) is 59.6 cm³/mol. The highest BCUT2D eigenvalue weighted by Crippen LogP contribution is 2.25. The van der Waals surface area contributed by atoms with E-state index in [4.69, 9.17) is 0 Å². The molecule has 2 fully saturated rings. The molecule has 1 aliphatic carbocycles. The highest BCUT2D eigenvalue weighted by molar-refractivity contribution is 8.00. The minimum atomic E-state index is 0.146. The maximum absolute atomic E-state index is 11.8. The van der Waals surface area contributed by atoms with Crippen LogP contribution in [0.5, 0.6) is 0 Å². The predicted octanol–water partition coefficient (Wildman–Crippen LogP) is 1.68. The zero-order valence-electron chi connectivity index (χ0n) is 8.82. The van der Waals surface area contributed by atoms with Crippen molar-refractivity contribution in [1.29, 1.82) is 0 Å². The fraction of sp³-hybridized carbons (Fsp3) is 0.900. The molecule has 2 rings (SSSR count). The van der Waals surface area contributed by atoms with Gasteiger partial charge in [0, 0.05) is 29.6 Å². The van der Waals surface area contributed by atoms with E-state index in [1.165, 1.54) is 0 Å². The Labute approximate surface area is 89.6 Å². The Kier molecular flexibility index (Phi) is 2.91. The number of hydrogen-bond acceptors (Lipinski definition) is 2. The van der Waals surface area contributed by atoms with Crippen molar-refractivity contribution in [2.24, 2.45) is 0 Å². The summed E-state index contributed by atoms with van der Waals surface area (Å²) in [5.74, 6) is 1.07. The SMILES string of the molecule is CC1SCCN(C(=O)NC2CC2)C1C. The van der Waals surface area contributed by atoms with E-state index in [1.807, 2.05) is 16.7 Å². The molecule has 2 aliphatic rings. The summed E-state index contributed by atoms with van der Waals surface area (Å²) >= 11 is 1.96. The third-order valence-electron chi connectivity index (χ3n) is 3.05. The van der Waals surface area contributed by atoms with Crippen LogP contribution in [0, 0.1) is 0 Å². The van der Waals surface area contributed by atoms with Gasteiger partial charge in [-0.2, -0.15) is 11.8 Å². The van der Waals surface area contributed by atoms with Crippen molar-refractivity contribution >= 4 is 17.8 Å². The van der Waals surface area contributed by atoms with Crippen molar-refractivity contribution in [3.63, 3.8) is 0 Å². The monoisotopic (exact) mass is 214 g/mol. The summed E-state index contributed by atoms with van der Waals surface area (Å²) in [5.41, 5.74) is 0. The van der Waals surface area contributed by atoms with Crippen LogP contribution in [0.1, 0.15) is 26.7 Å². The minimum absolute atomic E-state index is 0.146. The number of urea groups is 1. The lowest BCUT2D eigenvalue weighted by Gasteiger charge is -2.37. The first-order chi connectivity index (χ1) is 6.68. The summed E-state index contributed by atoms with van der Waals surface area (Å²) in [6, 6.07) is 0.985. The molecule has 80 valence electrons. The first kappa shape index (κ1) is 10.1. The van der Waals surface area contributed by atoms with Gasteiger partial charge in [-0.15, -0.1) is 0 Å². The fourth-order valence-corrected chi connectivity index (χ4v) is 2.80. The normalized spacial score (nSPS) is 32.9. The molecule has 2 amide bonds. The van der Waals surface area contributed by atoms with E-state index < -0.39 is 0 Å². The van der Waals surface area contributed by atoms with E-state index in [0.29, 0.717) is 17.3 Å². The lowest BCUT2D eigenvalue weighted by Crippen LogP contribution is -2.52. The van der Waals surface area contributed by atoms with Gasteiger partial charge < -0.3 is 10.2 Å². The molecule has 0 aromatic rings. The Bertz CT molecular complexity index is 230. The molecule has 2 unspecified atom stereocenters. The molecule has 14 heavy (non-hydrogen) atoms. The van der Waals surface area contributed by atoms with Crippen LogP contribution in [0.3, 0.4) is 0 Å². The summed E-state index contributed by atoms with van der Waals surface area (Å²) < 4.78 is 0. The van der Waals surface area contributed by atoms with Crippen molar-refractivity contribution in [2.45, 2.75) is 44.0 Å². The Hall–Kier alpha value is -0.380. The molecular formula is C10H18N2OS. The van der Waals surface area contributed by atoms with Crippen molar-refractivity contribution < 1.29 is 4.79 Å². The minimum Gasteiger partial charge on any atom is -0.335 e. The maximum Gasteiger partial charge on any atom is 0.317 e. The number of thioether (sulfide) groups is 1. The molecule has 1 saturated carbocycles. The molecule has 0 aromatic carbocycles. The third-order valence-corrected chi connectivity index (χ3v) is 4.39. The zero-order chi connectivity index (χ0) is 10.1. The lowest BCUT2D eigenvalue weighted by molar-refractivity contribution is 0.180. The Morgan fingerprint density at radius 2 is 2.14 bits per heavy atom. The topological polar surface area (TPSA) is 32.3 Å². The van der Waals surface area contributed by atoms with Crippen LogP contribution in [0.2, 0.25) is 0 Å². The number of carbonyl (C=O) groups is 1. The van der Waals surface area contributed by atoms with E-state index >= 15 is 0 Å². The van der Waals surface area contributed by atoms with Crippen LogP contribution >= 0.6 is 11.8 Å². The van der Waals surface area contributed by atoms with Gasteiger partial charge in [-0.3, -0.25) is 0 Å². The van der Waals surface area contributed by atoms with Gasteiger partial charge in [0.2, 0.25) is 0 Å². The van der Waals surface area contributed by atoms with Crippen molar-refractivity contribution in [2.75, 3.05) is 12.3 Å². The van der Waals surface area contributed by atoms with Gasteiger partial charge in [-0.05, 0) is 19.8 Å². The summed E-state index contributed by atoms with van der Waals surface area (Å²) in [7, 11) is 0. The van der Waals surface area contributed by atoms with Crippen molar-refractivity contribution in [1.82, 2.24) is 10.2 Å². The molecule has 2 atom stereocenters. The molecule has 1 N–H and O–H groups in total. The summed E-state index contributed by atoms with van der Waals surface area (Å²) in [6.07, 6.45) is 2.33. The Morgan fingerprint density at radius 1 is 1.43 bits per heavy atom. The number of nitrogens with one attached hydrogen (secondary N) is 1. The number of rotatable bonds is 1. The van der Waals surface area contributed by atoms with Crippen LogP contribution in [-0.2, 0) is 0 Å². The van der Waals surface area contributed by atoms with Gasteiger partial charge in [-0.1, -0.05) is 6.92 Å². The Morgan fingerprint density at radius 3 is 2.79 bits per heavy atom. The van der Waals surface area contributed by atoms with Crippen LogP contribution < -0.4 is 5.32 Å². The third kappa shape index (κ3) is 2.16. The highest BCUT2D eigenvalue weighted by atomic mass is 32.2. The number of carbonyl (C=O) groups excluding carboxylic acids is 1. The highest BCUT2D eigenvalue weighted by Gasteiger charge is 2.31. The average Bonchev–Trinajstić information content (AvgIpc) is 2.93. The van der Waals surface area contributed by atoms with Crippen molar-refractivity contribution in [3.8, 4) is 0 Å². The molecule has 0 radical (unpaired) electrons. The molecule has 0 bridgehead atoms. The second-order valence-corrected chi connectivity index (χ2v) is 5.72. The van der Waals surface area contributed by atoms with Gasteiger partial charge in [0.25, 0.3) is 0 Å². The van der Waals surface area contributed by atoms with E-state index in [2.05, 4.69) is 19.2 Å². The molecule has 4 heteroatoms. The molecule has 0 aromatic heterocycles. The van der Waals surface area contributed by atoms with E-state index in [9.17, 15) is 4.79 Å². The summed E-state index contributed by atoms with van der Waals surface area (Å²) in [4.78, 5) is 13.8. The van der Waals surface area contributed by atoms with Gasteiger partial charge in [0.05, 0.1) is 0 Å². The zero-order valence-corrected chi connectivity index (χ0v) is 9.64. The molecule has 3 nitrogen and oxygen atoms in total. The second kappa shape index (κ2) is 4.01. The standard InChI is InChI=1S/C10H18N2OS/c1-7-8(2)14-6-5-12(7)10(13)11-9-3-4-9/h7-9H,3-6H2,1-2H3,(H,11,13). The van der Waals surface area contributed by atoms with E-state index in [-0.39, 0.29) is 6.03 Å². The van der Waals surface area contributed by atoms with E-state index in [0.717, 1.165) is 25.1 Å². The van der Waals surface area contributed by atoms with Crippen LogP contribution in [0.15, 0.2) is 0 Å². The molecule has 1 heterocycles. The van der Waals surface area contributed by atoms with Crippen LogP contribution in [-0.4, -0.2) is 40.6 Å². The number of hydrogen-bond donors (Lipinski definition) is 1. The maximum atomic E-state index is 11.8. The largest absolute Gasteiger partial charge is 0.335 e. The van der Waals surface area contributed by atoms with Crippen LogP contribution in [0.25, 0.3) is 0 Å². The van der Waals surface area contributed by atoms with Gasteiger partial charge in [0.1, 0.15) is 0 Å². The van der Waals surface area contributed by atoms with E-state index in [1.54, 1.807) is 0 Å². The van der Waals surface area contributed by atoms with Gasteiger partial charge >= 0.3 is 6.03 Å². The molecule has 1 aliphatic heterocycles. The molecular weight excluding hydrogens is 196 g/mol. The summed E-state index contributed by atoms with van der Waals surface area (Å²) in [6.45, 7) is 5.24. The lowest BCUT2D eigenvalue weighted by atomic mass is 10.2. The van der Waals surface area contributed by atoms with Gasteiger partial charge in [0.15, 0.2) is 0 Å². The number of nitrogens with zero attached hydrogens (tertiary/aromatic N) is 1. The van der Waals surface area contributed by atoms with Crippen LogP contribution in [0.4, 0.5) is 4.79 Å². The first-order valence-corrected chi connectivity index (χ1v) is 6.42. The number of amides is 2. The smallest absolute Gasteiger partial charge is 0.317 e. The fourth-order valence-electron chi connectivity index (χ4n) is 1.70. The van der Waals surface area contributed by atoms with Crippen molar-refractivity contribution in [3.05, 3.63) is 0 Å². The molecule has 0 spiro atoms. The first-order valence-electron chi connectivity index (χ1n) is 5.37. The average molecular weight is 214 g/mol.